The lowest BCUT2D eigenvalue weighted by molar-refractivity contribution is -0.645. The Morgan fingerprint density at radius 3 is 2.55 bits per heavy atom. The summed E-state index contributed by atoms with van der Waals surface area (Å²) in [5.74, 6) is 0. The molecule has 100 valence electrons. The molecule has 0 aliphatic heterocycles. The van der Waals surface area contributed by atoms with Crippen LogP contribution in [0, 0.1) is 5.21 Å². The summed E-state index contributed by atoms with van der Waals surface area (Å²) >= 11 is 1.59. The Morgan fingerprint density at radius 1 is 0.950 bits per heavy atom. The SMILES string of the molecule is CC(Sc1cccc[n+]1[O-])c1cccc2ccccc12. The van der Waals surface area contributed by atoms with Gasteiger partial charge < -0.3 is 5.21 Å². The van der Waals surface area contributed by atoms with Crippen LogP contribution >= 0.6 is 11.8 Å². The van der Waals surface area contributed by atoms with Crippen LogP contribution in [0.3, 0.4) is 0 Å². The number of thioether (sulfide) groups is 1. The zero-order valence-electron chi connectivity index (χ0n) is 11.2. The highest BCUT2D eigenvalue weighted by Crippen LogP contribution is 2.36. The smallest absolute Gasteiger partial charge is 0.251 e. The van der Waals surface area contributed by atoms with Crippen molar-refractivity contribution in [1.29, 1.82) is 0 Å². The molecule has 2 nitrogen and oxygen atoms in total. The molecule has 1 unspecified atom stereocenters. The zero-order chi connectivity index (χ0) is 13.9. The Labute approximate surface area is 122 Å². The van der Waals surface area contributed by atoms with Crippen LogP contribution in [0.1, 0.15) is 17.7 Å². The van der Waals surface area contributed by atoms with Crippen LogP contribution < -0.4 is 4.73 Å². The molecule has 0 fully saturated rings. The van der Waals surface area contributed by atoms with Crippen molar-refractivity contribution >= 4 is 22.5 Å². The number of aromatic nitrogens is 1. The normalized spacial score (nSPS) is 12.4. The first-order valence-electron chi connectivity index (χ1n) is 6.58. The van der Waals surface area contributed by atoms with Gasteiger partial charge in [0, 0.05) is 17.4 Å². The van der Waals surface area contributed by atoms with E-state index >= 15 is 0 Å². The molecule has 3 aromatic rings. The highest BCUT2D eigenvalue weighted by atomic mass is 32.2. The third-order valence-corrected chi connectivity index (χ3v) is 4.51. The molecule has 0 N–H and O–H groups in total. The van der Waals surface area contributed by atoms with E-state index in [1.54, 1.807) is 17.8 Å². The molecule has 0 saturated heterocycles. The van der Waals surface area contributed by atoms with E-state index < -0.39 is 0 Å². The van der Waals surface area contributed by atoms with E-state index in [1.165, 1.54) is 22.5 Å². The van der Waals surface area contributed by atoms with Crippen molar-refractivity contribution in [3.05, 3.63) is 77.6 Å². The predicted octanol–water partition coefficient (Wildman–Crippen LogP) is 4.33. The monoisotopic (exact) mass is 281 g/mol. The van der Waals surface area contributed by atoms with Gasteiger partial charge in [0.2, 0.25) is 0 Å². The average Bonchev–Trinajstić information content (AvgIpc) is 2.49. The minimum absolute atomic E-state index is 0.226. The van der Waals surface area contributed by atoms with Gasteiger partial charge >= 0.3 is 0 Å². The maximum Gasteiger partial charge on any atom is 0.251 e. The molecule has 2 aromatic carbocycles. The van der Waals surface area contributed by atoms with Gasteiger partial charge in [0.1, 0.15) is 0 Å². The molecule has 3 heteroatoms. The van der Waals surface area contributed by atoms with Crippen LogP contribution in [0.15, 0.2) is 71.9 Å². The number of hydrogen-bond donors (Lipinski definition) is 0. The summed E-state index contributed by atoms with van der Waals surface area (Å²) in [7, 11) is 0. The Kier molecular flexibility index (Phi) is 3.61. The standard InChI is InChI=1S/C17H15NOS/c1-13(20-17-11-4-5-12-18(17)19)15-10-6-8-14-7-2-3-9-16(14)15/h2-13H,1H3. The van der Waals surface area contributed by atoms with Crippen molar-refractivity contribution in [2.45, 2.75) is 17.2 Å². The number of fused-ring (bicyclic) bond motifs is 1. The summed E-state index contributed by atoms with van der Waals surface area (Å²) < 4.78 is 0.923. The van der Waals surface area contributed by atoms with Gasteiger partial charge in [-0.15, -0.1) is 0 Å². The summed E-state index contributed by atoms with van der Waals surface area (Å²) in [4.78, 5) is 0. The van der Waals surface area contributed by atoms with Gasteiger partial charge in [-0.3, -0.25) is 0 Å². The van der Waals surface area contributed by atoms with Crippen molar-refractivity contribution in [2.24, 2.45) is 0 Å². The van der Waals surface area contributed by atoms with E-state index in [-0.39, 0.29) is 5.25 Å². The lowest BCUT2D eigenvalue weighted by Crippen LogP contribution is -2.27. The van der Waals surface area contributed by atoms with Gasteiger partial charge in [0.15, 0.2) is 6.20 Å². The fraction of sp³-hybridized carbons (Fsp3) is 0.118. The second-order valence-electron chi connectivity index (χ2n) is 4.69. The molecule has 0 aliphatic rings. The van der Waals surface area contributed by atoms with Gasteiger partial charge in [0.25, 0.3) is 5.03 Å². The van der Waals surface area contributed by atoms with E-state index in [1.807, 2.05) is 18.2 Å². The summed E-state index contributed by atoms with van der Waals surface area (Å²) in [5, 5.41) is 15.2. The topological polar surface area (TPSA) is 26.9 Å². The molecular weight excluding hydrogens is 266 g/mol. The molecule has 0 saturated carbocycles. The number of rotatable bonds is 3. The molecule has 3 rings (SSSR count). The Hall–Kier alpha value is -2.00. The summed E-state index contributed by atoms with van der Waals surface area (Å²) in [5.41, 5.74) is 1.26. The third kappa shape index (κ3) is 2.49. The minimum atomic E-state index is 0.226. The maximum atomic E-state index is 11.7. The fourth-order valence-electron chi connectivity index (χ4n) is 2.35. The summed E-state index contributed by atoms with van der Waals surface area (Å²) in [6.45, 7) is 2.14. The van der Waals surface area contributed by atoms with Crippen LogP contribution in [0.4, 0.5) is 0 Å². The minimum Gasteiger partial charge on any atom is -0.618 e. The van der Waals surface area contributed by atoms with Gasteiger partial charge in [0.05, 0.1) is 0 Å². The second kappa shape index (κ2) is 5.55. The first-order valence-corrected chi connectivity index (χ1v) is 7.46. The molecule has 0 amide bonds. The number of pyridine rings is 1. The van der Waals surface area contributed by atoms with E-state index in [0.29, 0.717) is 0 Å². The van der Waals surface area contributed by atoms with Gasteiger partial charge in [-0.2, -0.15) is 4.73 Å². The van der Waals surface area contributed by atoms with Crippen molar-refractivity contribution in [3.63, 3.8) is 0 Å². The predicted molar refractivity (Wildman–Crippen MR) is 83.6 cm³/mol. The highest BCUT2D eigenvalue weighted by Gasteiger charge is 2.15. The van der Waals surface area contributed by atoms with Gasteiger partial charge in [-0.1, -0.05) is 42.5 Å². The zero-order valence-corrected chi connectivity index (χ0v) is 12.0. The Bertz CT molecular complexity index is 736. The highest BCUT2D eigenvalue weighted by molar-refractivity contribution is 7.99. The van der Waals surface area contributed by atoms with Crippen molar-refractivity contribution < 1.29 is 4.73 Å². The van der Waals surface area contributed by atoms with Crippen LogP contribution in [0.2, 0.25) is 0 Å². The molecule has 0 spiro atoms. The molecule has 1 atom stereocenters. The summed E-state index contributed by atoms with van der Waals surface area (Å²) in [6.07, 6.45) is 1.54. The van der Waals surface area contributed by atoms with E-state index in [0.717, 1.165) is 9.76 Å². The fourth-order valence-corrected chi connectivity index (χ4v) is 3.37. The largest absolute Gasteiger partial charge is 0.618 e. The first kappa shape index (κ1) is 13.0. The lowest BCUT2D eigenvalue weighted by Gasteiger charge is -2.13. The van der Waals surface area contributed by atoms with Gasteiger partial charge in [-0.05, 0) is 41.1 Å². The molecule has 1 heterocycles. The van der Waals surface area contributed by atoms with Gasteiger partial charge in [-0.25, -0.2) is 0 Å². The van der Waals surface area contributed by atoms with Crippen molar-refractivity contribution in [3.8, 4) is 0 Å². The quantitative estimate of drug-likeness (QED) is 0.406. The van der Waals surface area contributed by atoms with Crippen LogP contribution in [-0.4, -0.2) is 0 Å². The molecule has 20 heavy (non-hydrogen) atoms. The number of nitrogens with zero attached hydrogens (tertiary/aromatic N) is 1. The average molecular weight is 281 g/mol. The van der Waals surface area contributed by atoms with Crippen LogP contribution in [-0.2, 0) is 0 Å². The van der Waals surface area contributed by atoms with E-state index in [2.05, 4.69) is 43.3 Å². The Balaban J connectivity index is 1.97. The molecule has 0 aliphatic carbocycles. The third-order valence-electron chi connectivity index (χ3n) is 3.35. The second-order valence-corrected chi connectivity index (χ2v) is 6.05. The molecule has 1 aromatic heterocycles. The number of hydrogen-bond acceptors (Lipinski definition) is 2. The maximum absolute atomic E-state index is 11.7. The summed E-state index contributed by atoms with van der Waals surface area (Å²) in [6, 6.07) is 20.2. The molecule has 0 bridgehead atoms. The first-order chi connectivity index (χ1) is 9.75. The number of benzene rings is 2. The Morgan fingerprint density at radius 2 is 1.70 bits per heavy atom. The van der Waals surface area contributed by atoms with Crippen LogP contribution in [0.25, 0.3) is 10.8 Å². The molecular formula is C17H15NOS. The lowest BCUT2D eigenvalue weighted by atomic mass is 10.0. The van der Waals surface area contributed by atoms with Crippen molar-refractivity contribution in [2.75, 3.05) is 0 Å². The van der Waals surface area contributed by atoms with E-state index in [4.69, 9.17) is 0 Å². The molecule has 0 radical (unpaired) electrons. The van der Waals surface area contributed by atoms with Crippen LogP contribution in [0.5, 0.6) is 0 Å². The van der Waals surface area contributed by atoms with E-state index in [9.17, 15) is 5.21 Å². The van der Waals surface area contributed by atoms with Crippen molar-refractivity contribution in [1.82, 2.24) is 0 Å².